The van der Waals surface area contributed by atoms with E-state index in [1.807, 2.05) is 0 Å². The highest BCUT2D eigenvalue weighted by atomic mass is 35.6. The molecule has 0 aliphatic heterocycles. The van der Waals surface area contributed by atoms with E-state index in [9.17, 15) is 4.79 Å². The Hall–Kier alpha value is 0.930. The van der Waals surface area contributed by atoms with Crippen LogP contribution in [0.5, 0.6) is 0 Å². The van der Waals surface area contributed by atoms with Crippen molar-refractivity contribution in [1.82, 2.24) is 10.6 Å². The van der Waals surface area contributed by atoms with Crippen molar-refractivity contribution in [1.29, 1.82) is 0 Å². The Kier molecular flexibility index (Phi) is 8.04. The lowest BCUT2D eigenvalue weighted by molar-refractivity contribution is 0.0660. The number of alkyl halides is 6. The summed E-state index contributed by atoms with van der Waals surface area (Å²) in [6, 6.07) is -0.800. The Morgan fingerprint density at radius 3 is 1.33 bits per heavy atom. The second-order valence-electron chi connectivity index (χ2n) is 2.93. The molecule has 18 heavy (non-hydrogen) atoms. The minimum absolute atomic E-state index is 0.800. The summed E-state index contributed by atoms with van der Waals surface area (Å²) < 4.78 is 5.85. The first kappa shape index (κ1) is 18.9. The van der Waals surface area contributed by atoms with E-state index in [2.05, 4.69) is 10.6 Å². The maximum atomic E-state index is 11.5. The van der Waals surface area contributed by atoms with Gasteiger partial charge in [-0.3, -0.25) is 0 Å². The fourth-order valence-corrected chi connectivity index (χ4v) is 1.69. The lowest BCUT2D eigenvalue weighted by Gasteiger charge is -2.27. The molecule has 0 bridgehead atoms. The molecule has 2 atom stereocenters. The number of carbonyl (C=O) groups is 1. The summed E-state index contributed by atoms with van der Waals surface area (Å²) in [5, 5.41) is 4.44. The molecule has 0 saturated carbocycles. The summed E-state index contributed by atoms with van der Waals surface area (Å²) in [5.41, 5.74) is 0. The number of hydrogen-bond acceptors (Lipinski definition) is 3. The molecule has 0 saturated heterocycles. The summed E-state index contributed by atoms with van der Waals surface area (Å²) in [7, 11) is 2.49. The second kappa shape index (κ2) is 7.64. The zero-order chi connectivity index (χ0) is 14.6. The summed E-state index contributed by atoms with van der Waals surface area (Å²) >= 11 is 33.3. The molecule has 108 valence electrons. The van der Waals surface area contributed by atoms with Crippen molar-refractivity contribution in [3.8, 4) is 0 Å². The number of halogens is 6. The third kappa shape index (κ3) is 6.91. The first-order chi connectivity index (χ1) is 8.02. The molecule has 0 radical (unpaired) electrons. The maximum absolute atomic E-state index is 11.5. The summed E-state index contributed by atoms with van der Waals surface area (Å²) in [4.78, 5) is 11.5. The van der Waals surface area contributed by atoms with Gasteiger partial charge in [-0.05, 0) is 0 Å². The number of hydrogen-bond donors (Lipinski definition) is 2. The Labute approximate surface area is 134 Å². The van der Waals surface area contributed by atoms with Crippen molar-refractivity contribution in [2.45, 2.75) is 20.0 Å². The topological polar surface area (TPSA) is 59.6 Å². The zero-order valence-electron chi connectivity index (χ0n) is 9.15. The first-order valence-corrected chi connectivity index (χ1v) is 6.55. The van der Waals surface area contributed by atoms with Crippen LogP contribution in [0.2, 0.25) is 0 Å². The van der Waals surface area contributed by atoms with E-state index >= 15 is 0 Å². The van der Waals surface area contributed by atoms with Gasteiger partial charge in [0.25, 0.3) is 0 Å². The molecule has 0 aliphatic rings. The van der Waals surface area contributed by atoms with Crippen LogP contribution < -0.4 is 10.6 Å². The molecule has 5 nitrogen and oxygen atoms in total. The maximum Gasteiger partial charge on any atom is 0.319 e. The Morgan fingerprint density at radius 2 is 1.17 bits per heavy atom. The monoisotopic (exact) mass is 380 g/mol. The summed E-state index contributed by atoms with van der Waals surface area (Å²) in [6.45, 7) is 0. The number of methoxy groups -OCH3 is 2. The predicted molar refractivity (Wildman–Crippen MR) is 73.8 cm³/mol. The smallest absolute Gasteiger partial charge is 0.319 e. The highest BCUT2D eigenvalue weighted by molar-refractivity contribution is 6.68. The van der Waals surface area contributed by atoms with Gasteiger partial charge < -0.3 is 20.1 Å². The standard InChI is InChI=1S/C7H10Cl6N2O3/c1-17-3(6(8,9)10)14-5(16)15-4(18-2)7(11,12)13/h3-4H,1-2H3,(H2,14,15,16)/t3-,4-/m1/s1. The van der Waals surface area contributed by atoms with Gasteiger partial charge in [-0.25, -0.2) is 4.79 Å². The number of carbonyl (C=O) groups excluding carboxylic acids is 1. The van der Waals surface area contributed by atoms with E-state index in [1.54, 1.807) is 0 Å². The molecule has 0 unspecified atom stereocenters. The molecule has 0 rings (SSSR count). The van der Waals surface area contributed by atoms with Crippen LogP contribution in [0.25, 0.3) is 0 Å². The quantitative estimate of drug-likeness (QED) is 0.580. The largest absolute Gasteiger partial charge is 0.357 e. The van der Waals surface area contributed by atoms with Crippen molar-refractivity contribution in [3.05, 3.63) is 0 Å². The SMILES string of the molecule is CO[C@@H](NC(=O)N[C@H](OC)C(Cl)(Cl)Cl)C(Cl)(Cl)Cl. The number of amides is 2. The number of urea groups is 1. The van der Waals surface area contributed by atoms with Gasteiger partial charge in [0.1, 0.15) is 0 Å². The summed E-state index contributed by atoms with van der Waals surface area (Å²) in [5.74, 6) is 0. The van der Waals surface area contributed by atoms with E-state index < -0.39 is 26.1 Å². The lowest BCUT2D eigenvalue weighted by atomic mass is 10.6. The van der Waals surface area contributed by atoms with Crippen molar-refractivity contribution >= 4 is 75.6 Å². The molecule has 2 N–H and O–H groups in total. The average Bonchev–Trinajstić information content (AvgIpc) is 2.19. The average molecular weight is 383 g/mol. The molecular formula is C7H10Cl6N2O3. The summed E-state index contributed by atoms with van der Waals surface area (Å²) in [6.07, 6.45) is -2.37. The van der Waals surface area contributed by atoms with Gasteiger partial charge in [0.15, 0.2) is 12.5 Å². The first-order valence-electron chi connectivity index (χ1n) is 4.28. The molecule has 0 heterocycles. The van der Waals surface area contributed by atoms with E-state index in [0.717, 1.165) is 0 Å². The third-order valence-corrected chi connectivity index (χ3v) is 2.78. The Balaban J connectivity index is 4.50. The van der Waals surface area contributed by atoms with Crippen molar-refractivity contribution < 1.29 is 14.3 Å². The van der Waals surface area contributed by atoms with Gasteiger partial charge >= 0.3 is 6.03 Å². The number of nitrogens with one attached hydrogen (secondary N) is 2. The zero-order valence-corrected chi connectivity index (χ0v) is 13.7. The molecule has 0 aromatic rings. The Morgan fingerprint density at radius 1 is 0.889 bits per heavy atom. The molecule has 0 aromatic carbocycles. The van der Waals surface area contributed by atoms with E-state index in [0.29, 0.717) is 0 Å². The Bertz CT molecular complexity index is 253. The number of ether oxygens (including phenoxy) is 2. The van der Waals surface area contributed by atoms with Gasteiger partial charge in [0.05, 0.1) is 0 Å². The van der Waals surface area contributed by atoms with Crippen LogP contribution in [0, 0.1) is 0 Å². The van der Waals surface area contributed by atoms with Crippen molar-refractivity contribution in [2.75, 3.05) is 14.2 Å². The van der Waals surface area contributed by atoms with Crippen LogP contribution in [0.15, 0.2) is 0 Å². The molecule has 2 amide bonds. The molecule has 0 aromatic heterocycles. The minimum atomic E-state index is -1.85. The van der Waals surface area contributed by atoms with E-state index in [-0.39, 0.29) is 0 Å². The van der Waals surface area contributed by atoms with Crippen LogP contribution in [-0.2, 0) is 9.47 Å². The lowest BCUT2D eigenvalue weighted by Crippen LogP contribution is -2.54. The molecule has 11 heteroatoms. The molecule has 0 fully saturated rings. The van der Waals surface area contributed by atoms with Crippen LogP contribution in [-0.4, -0.2) is 40.3 Å². The van der Waals surface area contributed by atoms with E-state index in [4.69, 9.17) is 79.1 Å². The van der Waals surface area contributed by atoms with Gasteiger partial charge in [-0.2, -0.15) is 0 Å². The van der Waals surface area contributed by atoms with E-state index in [1.165, 1.54) is 14.2 Å². The van der Waals surface area contributed by atoms with Crippen LogP contribution >= 0.6 is 69.6 Å². The number of rotatable bonds is 4. The second-order valence-corrected chi connectivity index (χ2v) is 7.67. The highest BCUT2D eigenvalue weighted by Gasteiger charge is 2.37. The van der Waals surface area contributed by atoms with Crippen LogP contribution in [0.1, 0.15) is 0 Å². The molecule has 0 aliphatic carbocycles. The van der Waals surface area contributed by atoms with Gasteiger partial charge in [-0.15, -0.1) is 0 Å². The van der Waals surface area contributed by atoms with Crippen LogP contribution in [0.4, 0.5) is 4.79 Å². The predicted octanol–water partition coefficient (Wildman–Crippen LogP) is 2.97. The third-order valence-electron chi connectivity index (χ3n) is 1.59. The highest BCUT2D eigenvalue weighted by Crippen LogP contribution is 2.31. The van der Waals surface area contributed by atoms with Gasteiger partial charge in [0.2, 0.25) is 7.59 Å². The van der Waals surface area contributed by atoms with Gasteiger partial charge in [0, 0.05) is 14.2 Å². The molecular weight excluding hydrogens is 373 g/mol. The van der Waals surface area contributed by atoms with Crippen LogP contribution in [0.3, 0.4) is 0 Å². The fraction of sp³-hybridized carbons (Fsp3) is 0.857. The molecule has 0 spiro atoms. The fourth-order valence-electron chi connectivity index (χ4n) is 0.829. The normalized spacial score (nSPS) is 16.0. The van der Waals surface area contributed by atoms with Crippen molar-refractivity contribution in [3.63, 3.8) is 0 Å². The van der Waals surface area contributed by atoms with Crippen molar-refractivity contribution in [2.24, 2.45) is 0 Å². The minimum Gasteiger partial charge on any atom is -0.357 e. The van der Waals surface area contributed by atoms with Gasteiger partial charge in [-0.1, -0.05) is 69.6 Å².